The van der Waals surface area contributed by atoms with E-state index < -0.39 is 65.0 Å². The number of esters is 2. The number of Topliss-reactive ketones (excluding diaryl/α,β-unsaturated/α-hetero) is 1. The predicted molar refractivity (Wildman–Crippen MR) is 121 cm³/mol. The summed E-state index contributed by atoms with van der Waals surface area (Å²) in [7, 11) is 0. The second-order valence-electron chi connectivity index (χ2n) is 10.0. The zero-order valence-corrected chi connectivity index (χ0v) is 20.6. The summed E-state index contributed by atoms with van der Waals surface area (Å²) in [5.74, 6) is -3.78. The zero-order chi connectivity index (χ0) is 25.5. The molecule has 0 amide bonds. The number of aliphatic hydroxyl groups excluding tert-OH is 2. The molecule has 0 aromatic carbocycles. The number of ether oxygens (including phenoxy) is 2. The molecule has 0 aromatic heterocycles. The van der Waals surface area contributed by atoms with Gasteiger partial charge in [0.05, 0.1) is 12.5 Å². The lowest BCUT2D eigenvalue weighted by Gasteiger charge is -2.45. The van der Waals surface area contributed by atoms with Gasteiger partial charge in [-0.05, 0) is 45.8 Å². The Morgan fingerprint density at radius 1 is 1.18 bits per heavy atom. The summed E-state index contributed by atoms with van der Waals surface area (Å²) in [6.45, 7) is 12.3. The maximum absolute atomic E-state index is 13.9. The van der Waals surface area contributed by atoms with Crippen LogP contribution in [0.4, 0.5) is 0 Å². The van der Waals surface area contributed by atoms with Gasteiger partial charge in [0.15, 0.2) is 6.10 Å². The van der Waals surface area contributed by atoms with Gasteiger partial charge in [0, 0.05) is 23.8 Å². The van der Waals surface area contributed by atoms with Gasteiger partial charge in [-0.1, -0.05) is 32.1 Å². The summed E-state index contributed by atoms with van der Waals surface area (Å²) < 4.78 is 11.1. The van der Waals surface area contributed by atoms with Gasteiger partial charge in [0.1, 0.15) is 23.1 Å². The van der Waals surface area contributed by atoms with Crippen molar-refractivity contribution in [1.82, 2.24) is 0 Å². The fraction of sp³-hybridized carbons (Fsp3) is 0.640. The number of carbonyl (C=O) groups is 3. The Hall–Kier alpha value is -2.29. The minimum atomic E-state index is -2.20. The number of hydrogen-bond donors (Lipinski definition) is 3. The molecule has 3 N–H and O–H groups in total. The highest BCUT2D eigenvalue weighted by atomic mass is 16.6. The number of fused-ring (bicyclic) bond motifs is 1. The van der Waals surface area contributed by atoms with Gasteiger partial charge < -0.3 is 24.8 Å². The molecule has 8 heteroatoms. The Morgan fingerprint density at radius 2 is 1.76 bits per heavy atom. The largest absolute Gasteiger partial charge is 0.459 e. The highest BCUT2D eigenvalue weighted by Crippen LogP contribution is 2.50. The third-order valence-corrected chi connectivity index (χ3v) is 7.43. The first-order valence-corrected chi connectivity index (χ1v) is 11.0. The van der Waals surface area contributed by atoms with Crippen molar-refractivity contribution in [2.75, 3.05) is 6.61 Å². The first kappa shape index (κ1) is 27.0. The van der Waals surface area contributed by atoms with Crippen LogP contribution in [0.3, 0.4) is 0 Å². The van der Waals surface area contributed by atoms with Crippen molar-refractivity contribution in [1.29, 1.82) is 0 Å². The number of ketones is 1. The molecule has 33 heavy (non-hydrogen) atoms. The van der Waals surface area contributed by atoms with E-state index in [2.05, 4.69) is 0 Å². The van der Waals surface area contributed by atoms with Gasteiger partial charge >= 0.3 is 11.9 Å². The third-order valence-electron chi connectivity index (χ3n) is 7.43. The van der Waals surface area contributed by atoms with E-state index in [1.165, 1.54) is 19.1 Å². The molecule has 2 rings (SSSR count). The van der Waals surface area contributed by atoms with Crippen molar-refractivity contribution in [2.45, 2.75) is 78.8 Å². The smallest absolute Gasteiger partial charge is 0.334 e. The lowest BCUT2D eigenvalue weighted by Crippen LogP contribution is -2.58. The molecule has 2 aliphatic carbocycles. The van der Waals surface area contributed by atoms with Crippen molar-refractivity contribution >= 4 is 17.7 Å². The summed E-state index contributed by atoms with van der Waals surface area (Å²) in [6, 6.07) is 0. The number of allylic oxidation sites excluding steroid dienone is 2. The average Bonchev–Trinajstić information content (AvgIpc) is 2.93. The molecule has 0 spiro atoms. The maximum atomic E-state index is 13.9. The molecule has 0 aliphatic heterocycles. The Bertz CT molecular complexity index is 923. The van der Waals surface area contributed by atoms with Crippen LogP contribution < -0.4 is 0 Å². The minimum absolute atomic E-state index is 0.0250. The topological polar surface area (TPSA) is 130 Å². The fourth-order valence-corrected chi connectivity index (χ4v) is 4.59. The summed E-state index contributed by atoms with van der Waals surface area (Å²) in [6.07, 6.45) is 1.54. The van der Waals surface area contributed by atoms with E-state index >= 15 is 0 Å². The van der Waals surface area contributed by atoms with Crippen LogP contribution >= 0.6 is 0 Å². The van der Waals surface area contributed by atoms with Gasteiger partial charge in [0.25, 0.3) is 0 Å². The Morgan fingerprint density at radius 3 is 2.24 bits per heavy atom. The highest BCUT2D eigenvalue weighted by molar-refractivity contribution is 5.92. The Kier molecular flexibility index (Phi) is 7.48. The standard InChI is InChI=1S/C25H36O8/c1-9-13(2)22(30)32-21-14(3)10-18-19(28)17(11-16(12-26)20(29)25(18,21)31)23(5,6)24(7,8)33-15(4)27/h9-11,17-18,20-21,26,29,31H,12H2,1-8H3/b13-9+/t17-,18?,20-,21+,25+/m1/s1. The molecule has 0 fully saturated rings. The molecular weight excluding hydrogens is 428 g/mol. The SMILES string of the molecule is C/C=C(\C)C(=O)O[C@H]1C(C)=CC2C(=O)[C@H](C(C)(C)C(C)(C)OC(C)=O)C=C(CO)[C@@H](O)[C@@]21O. The van der Waals surface area contributed by atoms with E-state index in [1.807, 2.05) is 0 Å². The van der Waals surface area contributed by atoms with E-state index in [9.17, 15) is 29.7 Å². The molecule has 1 unspecified atom stereocenters. The second kappa shape index (κ2) is 9.16. The van der Waals surface area contributed by atoms with Crippen LogP contribution in [-0.4, -0.2) is 63.1 Å². The fourth-order valence-electron chi connectivity index (χ4n) is 4.59. The van der Waals surface area contributed by atoms with Crippen molar-refractivity contribution in [3.05, 3.63) is 34.9 Å². The van der Waals surface area contributed by atoms with Crippen LogP contribution in [0.1, 0.15) is 55.4 Å². The number of hydrogen-bond acceptors (Lipinski definition) is 8. The van der Waals surface area contributed by atoms with E-state index in [1.54, 1.807) is 54.5 Å². The number of carbonyl (C=O) groups excluding carboxylic acids is 3. The maximum Gasteiger partial charge on any atom is 0.334 e. The quantitative estimate of drug-likeness (QED) is 0.309. The van der Waals surface area contributed by atoms with Crippen LogP contribution in [0, 0.1) is 17.3 Å². The van der Waals surface area contributed by atoms with Crippen LogP contribution in [0.25, 0.3) is 0 Å². The van der Waals surface area contributed by atoms with Crippen molar-refractivity contribution in [3.63, 3.8) is 0 Å². The van der Waals surface area contributed by atoms with Crippen LogP contribution in [0.15, 0.2) is 34.9 Å². The summed E-state index contributed by atoms with van der Waals surface area (Å²) in [5, 5.41) is 32.9. The lowest BCUT2D eigenvalue weighted by atomic mass is 9.64. The summed E-state index contributed by atoms with van der Waals surface area (Å²) >= 11 is 0. The van der Waals surface area contributed by atoms with Gasteiger partial charge in [-0.15, -0.1) is 0 Å². The number of rotatable bonds is 6. The van der Waals surface area contributed by atoms with Crippen molar-refractivity contribution in [2.24, 2.45) is 17.3 Å². The first-order valence-electron chi connectivity index (χ1n) is 11.0. The van der Waals surface area contributed by atoms with Crippen molar-refractivity contribution < 1.29 is 39.2 Å². The normalized spacial score (nSPS) is 30.8. The van der Waals surface area contributed by atoms with E-state index in [0.717, 1.165) is 0 Å². The average molecular weight is 465 g/mol. The Balaban J connectivity index is 2.62. The van der Waals surface area contributed by atoms with Gasteiger partial charge in [-0.3, -0.25) is 9.59 Å². The van der Waals surface area contributed by atoms with E-state index in [-0.39, 0.29) is 5.57 Å². The van der Waals surface area contributed by atoms with Crippen molar-refractivity contribution in [3.8, 4) is 0 Å². The molecule has 0 saturated heterocycles. The third kappa shape index (κ3) is 4.44. The van der Waals surface area contributed by atoms with Crippen LogP contribution in [0.5, 0.6) is 0 Å². The number of aliphatic hydroxyl groups is 3. The molecular formula is C25H36O8. The highest BCUT2D eigenvalue weighted by Gasteiger charge is 2.63. The zero-order valence-electron chi connectivity index (χ0n) is 20.6. The molecule has 0 bridgehead atoms. The van der Waals surface area contributed by atoms with Crippen LogP contribution in [0.2, 0.25) is 0 Å². The van der Waals surface area contributed by atoms with Gasteiger partial charge in [-0.2, -0.15) is 0 Å². The lowest BCUT2D eigenvalue weighted by molar-refractivity contribution is -0.180. The van der Waals surface area contributed by atoms with E-state index in [0.29, 0.717) is 11.1 Å². The van der Waals surface area contributed by atoms with Crippen LogP contribution in [-0.2, 0) is 23.9 Å². The molecule has 0 radical (unpaired) electrons. The van der Waals surface area contributed by atoms with Gasteiger partial charge in [-0.25, -0.2) is 4.79 Å². The first-order chi connectivity index (χ1) is 15.1. The molecule has 8 nitrogen and oxygen atoms in total. The molecule has 0 heterocycles. The monoisotopic (exact) mass is 464 g/mol. The molecule has 184 valence electrons. The summed E-state index contributed by atoms with van der Waals surface area (Å²) in [4.78, 5) is 38.0. The van der Waals surface area contributed by atoms with E-state index in [4.69, 9.17) is 9.47 Å². The van der Waals surface area contributed by atoms with Gasteiger partial charge in [0.2, 0.25) is 0 Å². The minimum Gasteiger partial charge on any atom is -0.459 e. The molecule has 0 saturated carbocycles. The molecule has 5 atom stereocenters. The Labute approximate surface area is 195 Å². The second-order valence-corrected chi connectivity index (χ2v) is 10.0. The predicted octanol–water partition coefficient (Wildman–Crippen LogP) is 2.02. The summed E-state index contributed by atoms with van der Waals surface area (Å²) in [5.41, 5.74) is -3.53. The molecule has 2 aliphatic rings. The molecule has 0 aromatic rings.